The van der Waals surface area contributed by atoms with Crippen molar-refractivity contribution in [1.29, 1.82) is 0 Å². The van der Waals surface area contributed by atoms with Crippen molar-refractivity contribution in [2.75, 3.05) is 18.0 Å². The first-order valence-electron chi connectivity index (χ1n) is 13.1. The monoisotopic (exact) mass is 466 g/mol. The molecular weight excluding hydrogens is 427 g/mol. The van der Waals surface area contributed by atoms with E-state index in [4.69, 9.17) is 4.99 Å². The third-order valence-electron chi connectivity index (χ3n) is 8.07. The number of benzene rings is 1. The Labute approximate surface area is 204 Å². The standard InChI is InChI=1S/C28H37FN4O.H2/c1-21-19-28(16-17-32(21)20-22-10-5-2-3-6-11-22)26(30-24-13-7-4-8-14-24)31-27(34)33(28)25-15-9-12-23(29)18-25;/h2-3,9-10,12,15,18,21,24H,4-8,11,13-14,16-17,19-20H2,1H3,(H,30,31,34);1H. The van der Waals surface area contributed by atoms with Crippen LogP contribution in [0.25, 0.3) is 0 Å². The van der Waals surface area contributed by atoms with Gasteiger partial charge in [0.15, 0.2) is 0 Å². The number of piperidine rings is 1. The number of nitrogens with one attached hydrogen (secondary N) is 1. The van der Waals surface area contributed by atoms with E-state index in [9.17, 15) is 9.18 Å². The number of allylic oxidation sites excluding steroid dienone is 3. The Morgan fingerprint density at radius 3 is 2.88 bits per heavy atom. The number of anilines is 1. The largest absolute Gasteiger partial charge is 0.328 e. The summed E-state index contributed by atoms with van der Waals surface area (Å²) in [5.74, 6) is 0.482. The molecule has 184 valence electrons. The molecule has 0 aromatic heterocycles. The van der Waals surface area contributed by atoms with Crippen LogP contribution in [-0.4, -0.2) is 47.5 Å². The van der Waals surface area contributed by atoms with E-state index < -0.39 is 5.54 Å². The zero-order valence-electron chi connectivity index (χ0n) is 20.3. The molecule has 2 aliphatic heterocycles. The predicted molar refractivity (Wildman–Crippen MR) is 138 cm³/mol. The van der Waals surface area contributed by atoms with Crippen LogP contribution in [0, 0.1) is 5.82 Å². The fourth-order valence-electron chi connectivity index (χ4n) is 6.24. The van der Waals surface area contributed by atoms with Crippen molar-refractivity contribution in [3.05, 3.63) is 53.9 Å². The first-order valence-corrected chi connectivity index (χ1v) is 13.1. The molecule has 2 unspecified atom stereocenters. The maximum Gasteiger partial charge on any atom is 0.328 e. The molecule has 5 nitrogen and oxygen atoms in total. The Morgan fingerprint density at radius 1 is 1.24 bits per heavy atom. The maximum absolute atomic E-state index is 14.2. The van der Waals surface area contributed by atoms with Gasteiger partial charge < -0.3 is 0 Å². The highest BCUT2D eigenvalue weighted by Crippen LogP contribution is 2.41. The number of rotatable bonds is 4. The van der Waals surface area contributed by atoms with Gasteiger partial charge in [0.1, 0.15) is 17.2 Å². The molecular formula is C28H39FN4O. The average molecular weight is 467 g/mol. The highest BCUT2D eigenvalue weighted by molar-refractivity contribution is 6.19. The minimum absolute atomic E-state index is 0. The summed E-state index contributed by atoms with van der Waals surface area (Å²) in [6.07, 6.45) is 17.6. The van der Waals surface area contributed by atoms with Gasteiger partial charge in [0, 0.05) is 26.2 Å². The number of carbonyl (C=O) groups is 1. The van der Waals surface area contributed by atoms with Crippen molar-refractivity contribution in [2.45, 2.75) is 88.8 Å². The predicted octanol–water partition coefficient (Wildman–Crippen LogP) is 6.22. The normalized spacial score (nSPS) is 30.0. The maximum atomic E-state index is 14.2. The van der Waals surface area contributed by atoms with Crippen LogP contribution in [0.1, 0.15) is 72.6 Å². The van der Waals surface area contributed by atoms with Crippen LogP contribution < -0.4 is 10.2 Å². The van der Waals surface area contributed by atoms with Crippen molar-refractivity contribution in [2.24, 2.45) is 4.99 Å². The van der Waals surface area contributed by atoms with Crippen LogP contribution in [-0.2, 0) is 0 Å². The Kier molecular flexibility index (Phi) is 6.87. The first-order chi connectivity index (χ1) is 16.5. The van der Waals surface area contributed by atoms with E-state index in [-0.39, 0.29) is 25.4 Å². The molecule has 1 aromatic rings. The molecule has 2 atom stereocenters. The van der Waals surface area contributed by atoms with Gasteiger partial charge >= 0.3 is 6.03 Å². The minimum Gasteiger partial charge on any atom is -0.297 e. The lowest BCUT2D eigenvalue weighted by Gasteiger charge is -2.47. The van der Waals surface area contributed by atoms with E-state index >= 15 is 0 Å². The van der Waals surface area contributed by atoms with Crippen LogP contribution in [0.3, 0.4) is 0 Å². The molecule has 0 radical (unpaired) electrons. The second-order valence-electron chi connectivity index (χ2n) is 10.4. The number of hydrogen-bond donors (Lipinski definition) is 1. The van der Waals surface area contributed by atoms with E-state index in [0.717, 1.165) is 63.9 Å². The summed E-state index contributed by atoms with van der Waals surface area (Å²) in [6.45, 7) is 4.13. The zero-order chi connectivity index (χ0) is 23.5. The number of aliphatic imine (C=N–C) groups is 1. The summed E-state index contributed by atoms with van der Waals surface area (Å²) in [4.78, 5) is 22.9. The number of likely N-dealkylation sites (tertiary alicyclic amines) is 1. The molecule has 2 aliphatic carbocycles. The molecule has 1 aromatic carbocycles. The minimum atomic E-state index is -0.544. The Hall–Kier alpha value is -2.47. The lowest BCUT2D eigenvalue weighted by Crippen LogP contribution is -2.60. The highest BCUT2D eigenvalue weighted by atomic mass is 19.1. The van der Waals surface area contributed by atoms with Gasteiger partial charge in [-0.05, 0) is 70.1 Å². The van der Waals surface area contributed by atoms with Crippen LogP contribution in [0.5, 0.6) is 0 Å². The molecule has 1 spiro atoms. The van der Waals surface area contributed by atoms with Gasteiger partial charge in [-0.2, -0.15) is 0 Å². The molecule has 1 saturated carbocycles. The second-order valence-corrected chi connectivity index (χ2v) is 10.4. The highest BCUT2D eigenvalue weighted by Gasteiger charge is 2.54. The Bertz CT molecular complexity index is 1000. The quantitative estimate of drug-likeness (QED) is 0.535. The number of nitrogens with zero attached hydrogens (tertiary/aromatic N) is 3. The van der Waals surface area contributed by atoms with Gasteiger partial charge in [0.25, 0.3) is 0 Å². The molecule has 34 heavy (non-hydrogen) atoms. The van der Waals surface area contributed by atoms with Crippen molar-refractivity contribution < 1.29 is 10.6 Å². The molecule has 2 heterocycles. The third-order valence-corrected chi connectivity index (χ3v) is 8.07. The van der Waals surface area contributed by atoms with E-state index in [0.29, 0.717) is 5.69 Å². The molecule has 3 fully saturated rings. The van der Waals surface area contributed by atoms with Crippen molar-refractivity contribution in [3.8, 4) is 0 Å². The molecule has 2 saturated heterocycles. The number of halogens is 1. The van der Waals surface area contributed by atoms with Crippen LogP contribution >= 0.6 is 0 Å². The van der Waals surface area contributed by atoms with Crippen LogP contribution in [0.2, 0.25) is 0 Å². The summed E-state index contributed by atoms with van der Waals surface area (Å²) in [6, 6.07) is 6.81. The number of hydrogen-bond acceptors (Lipinski definition) is 3. The first kappa shape index (κ1) is 23.3. The van der Waals surface area contributed by atoms with Crippen molar-refractivity contribution >= 4 is 17.6 Å². The van der Waals surface area contributed by atoms with Crippen LogP contribution in [0.15, 0.2) is 53.1 Å². The number of amides is 2. The molecule has 0 bridgehead atoms. The van der Waals surface area contributed by atoms with Crippen molar-refractivity contribution in [1.82, 2.24) is 10.2 Å². The smallest absolute Gasteiger partial charge is 0.297 e. The summed E-state index contributed by atoms with van der Waals surface area (Å²) in [5, 5.41) is 3.13. The van der Waals surface area contributed by atoms with Gasteiger partial charge in [-0.15, -0.1) is 0 Å². The SMILES string of the molecule is CC1CC2(CCN1CC1=CCC=CCC1)C(=NC1CCCCC1)NC(=O)N2c1cccc(F)c1.[HH]. The lowest BCUT2D eigenvalue weighted by molar-refractivity contribution is 0.141. The Balaban J connectivity index is 0.00000289. The van der Waals surface area contributed by atoms with E-state index in [1.807, 2.05) is 6.07 Å². The molecule has 5 rings (SSSR count). The van der Waals surface area contributed by atoms with Gasteiger partial charge in [-0.3, -0.25) is 20.1 Å². The Morgan fingerprint density at radius 2 is 2.09 bits per heavy atom. The molecule has 4 aliphatic rings. The summed E-state index contributed by atoms with van der Waals surface area (Å²) >= 11 is 0. The van der Waals surface area contributed by atoms with Gasteiger partial charge in [-0.25, -0.2) is 9.18 Å². The summed E-state index contributed by atoms with van der Waals surface area (Å²) in [7, 11) is 0. The van der Waals surface area contributed by atoms with Gasteiger partial charge in [0.2, 0.25) is 0 Å². The molecule has 2 amide bonds. The summed E-state index contributed by atoms with van der Waals surface area (Å²) in [5.41, 5.74) is 1.58. The second kappa shape index (κ2) is 10.0. The van der Waals surface area contributed by atoms with Crippen LogP contribution in [0.4, 0.5) is 14.9 Å². The number of carbonyl (C=O) groups excluding carboxylic acids is 1. The van der Waals surface area contributed by atoms with E-state index in [1.165, 1.54) is 37.0 Å². The van der Waals surface area contributed by atoms with Gasteiger partial charge in [-0.1, -0.05) is 49.1 Å². The van der Waals surface area contributed by atoms with Crippen molar-refractivity contribution in [3.63, 3.8) is 0 Å². The van der Waals surface area contributed by atoms with Gasteiger partial charge in [0.05, 0.1) is 6.04 Å². The van der Waals surface area contributed by atoms with E-state index in [1.54, 1.807) is 11.0 Å². The fourth-order valence-corrected chi connectivity index (χ4v) is 6.24. The topological polar surface area (TPSA) is 47.9 Å². The average Bonchev–Trinajstić information content (AvgIpc) is 2.98. The van der Waals surface area contributed by atoms with E-state index in [2.05, 4.69) is 35.4 Å². The number of amidine groups is 1. The lowest BCUT2D eigenvalue weighted by atomic mass is 9.81. The number of urea groups is 1. The molecule has 1 N–H and O–H groups in total. The fraction of sp³-hybridized carbons (Fsp3) is 0.571. The zero-order valence-corrected chi connectivity index (χ0v) is 20.3. The molecule has 6 heteroatoms. The summed E-state index contributed by atoms with van der Waals surface area (Å²) < 4.78 is 14.2. The third kappa shape index (κ3) is 4.70.